The number of benzene rings is 8. The predicted octanol–water partition coefficient (Wildman–Crippen LogP) is 12.1. The van der Waals surface area contributed by atoms with Gasteiger partial charge in [0.1, 0.15) is 0 Å². The van der Waals surface area contributed by atoms with Crippen molar-refractivity contribution in [1.29, 1.82) is 0 Å². The van der Waals surface area contributed by atoms with Crippen LogP contribution < -0.4 is 5.46 Å². The lowest BCUT2D eigenvalue weighted by Crippen LogP contribution is -2.41. The Morgan fingerprint density at radius 3 is 1.49 bits per heavy atom. The minimum atomic E-state index is -0.482. The molecule has 1 aliphatic rings. The topological polar surface area (TPSA) is 18.5 Å². The smallest absolute Gasteiger partial charge is 0.399 e. The molecule has 0 saturated carbocycles. The summed E-state index contributed by atoms with van der Waals surface area (Å²) in [7, 11) is -0.482. The molecule has 0 bridgehead atoms. The van der Waals surface area contributed by atoms with E-state index in [2.05, 4.69) is 191 Å². The lowest BCUT2D eigenvalue weighted by atomic mass is 9.76. The number of hydrogen-bond acceptors (Lipinski definition) is 2. The summed E-state index contributed by atoms with van der Waals surface area (Å²) in [5.41, 5.74) is 9.63. The van der Waals surface area contributed by atoms with E-state index in [4.69, 9.17) is 9.31 Å². The van der Waals surface area contributed by atoms with E-state index >= 15 is 0 Å². The zero-order chi connectivity index (χ0) is 34.7. The van der Waals surface area contributed by atoms with Crippen LogP contribution in [0.3, 0.4) is 0 Å². The molecule has 9 rings (SSSR count). The second kappa shape index (κ2) is 12.1. The molecule has 0 aliphatic carbocycles. The molecule has 0 atom stereocenters. The Labute approximate surface area is 300 Å². The van der Waals surface area contributed by atoms with Gasteiger partial charge in [-0.15, -0.1) is 0 Å². The highest BCUT2D eigenvalue weighted by Crippen LogP contribution is 2.45. The van der Waals surface area contributed by atoms with Crippen molar-refractivity contribution >= 4 is 44.9 Å². The van der Waals surface area contributed by atoms with Crippen LogP contribution in [0.4, 0.5) is 0 Å². The third-order valence-corrected chi connectivity index (χ3v) is 11.1. The number of hydrogen-bond donors (Lipinski definition) is 0. The average Bonchev–Trinajstić information content (AvgIpc) is 3.39. The van der Waals surface area contributed by atoms with Crippen molar-refractivity contribution in [3.8, 4) is 44.5 Å². The largest absolute Gasteiger partial charge is 0.494 e. The molecule has 8 aromatic carbocycles. The molecule has 1 fully saturated rings. The molecule has 1 aliphatic heterocycles. The van der Waals surface area contributed by atoms with Gasteiger partial charge >= 0.3 is 7.12 Å². The predicted molar refractivity (Wildman–Crippen MR) is 216 cm³/mol. The maximum atomic E-state index is 6.63. The highest BCUT2D eigenvalue weighted by molar-refractivity contribution is 6.62. The first-order chi connectivity index (χ1) is 24.8. The van der Waals surface area contributed by atoms with Crippen molar-refractivity contribution in [2.45, 2.75) is 38.9 Å². The van der Waals surface area contributed by atoms with Crippen molar-refractivity contribution in [1.82, 2.24) is 0 Å². The van der Waals surface area contributed by atoms with Crippen LogP contribution in [0.5, 0.6) is 0 Å². The summed E-state index contributed by atoms with van der Waals surface area (Å²) >= 11 is 0. The molecule has 2 nitrogen and oxygen atoms in total. The molecular weight excluding hydrogens is 619 g/mol. The van der Waals surface area contributed by atoms with Gasteiger partial charge in [0.15, 0.2) is 0 Å². The highest BCUT2D eigenvalue weighted by Gasteiger charge is 2.51. The summed E-state index contributed by atoms with van der Waals surface area (Å²) in [6.07, 6.45) is 0. The van der Waals surface area contributed by atoms with E-state index in [1.807, 2.05) is 0 Å². The van der Waals surface area contributed by atoms with Gasteiger partial charge < -0.3 is 9.31 Å². The van der Waals surface area contributed by atoms with E-state index in [-0.39, 0.29) is 0 Å². The first-order valence-corrected chi connectivity index (χ1v) is 17.9. The van der Waals surface area contributed by atoms with Gasteiger partial charge in [-0.05, 0) is 116 Å². The van der Waals surface area contributed by atoms with Gasteiger partial charge in [0.2, 0.25) is 0 Å². The summed E-state index contributed by atoms with van der Waals surface area (Å²) < 4.78 is 13.3. The molecular formula is C48H39BO2. The summed E-state index contributed by atoms with van der Waals surface area (Å²) in [6.45, 7) is 8.46. The van der Waals surface area contributed by atoms with Crippen LogP contribution in [0.2, 0.25) is 0 Å². The Balaban J connectivity index is 1.34. The van der Waals surface area contributed by atoms with Gasteiger partial charge in [0.25, 0.3) is 0 Å². The van der Waals surface area contributed by atoms with E-state index in [1.54, 1.807) is 0 Å². The van der Waals surface area contributed by atoms with Crippen molar-refractivity contribution in [3.63, 3.8) is 0 Å². The van der Waals surface area contributed by atoms with Crippen molar-refractivity contribution < 1.29 is 9.31 Å². The highest BCUT2D eigenvalue weighted by atomic mass is 16.7. The molecule has 8 aromatic rings. The number of rotatable bonds is 5. The summed E-state index contributed by atoms with van der Waals surface area (Å²) in [5, 5.41) is 7.41. The second-order valence-corrected chi connectivity index (χ2v) is 14.7. The third kappa shape index (κ3) is 5.36. The lowest BCUT2D eigenvalue weighted by Gasteiger charge is -2.32. The summed E-state index contributed by atoms with van der Waals surface area (Å²) in [6, 6.07) is 59.6. The Kier molecular flexibility index (Phi) is 7.47. The minimum absolute atomic E-state index is 0.444. The standard InChI is InChI=1S/C48H39BO2/c1-47(2)48(3,4)51-49(50-47)37-30-35(32-15-6-5-7-16-32)29-36(31-37)40-27-28-45(42-24-13-20-34-18-9-11-22-39(34)42)46-43(40)25-14-26-44(46)41-23-12-19-33-17-8-10-21-38(33)41/h5-31H,1-4H3. The van der Waals surface area contributed by atoms with Crippen molar-refractivity contribution in [2.24, 2.45) is 0 Å². The minimum Gasteiger partial charge on any atom is -0.399 e. The fourth-order valence-corrected chi connectivity index (χ4v) is 7.75. The van der Waals surface area contributed by atoms with E-state index in [9.17, 15) is 0 Å². The molecule has 0 unspecified atom stereocenters. The molecule has 0 spiro atoms. The Morgan fingerprint density at radius 1 is 0.373 bits per heavy atom. The summed E-state index contributed by atoms with van der Waals surface area (Å²) in [4.78, 5) is 0. The van der Waals surface area contributed by atoms with Gasteiger partial charge in [-0.1, -0.05) is 158 Å². The molecule has 0 amide bonds. The Morgan fingerprint density at radius 2 is 0.843 bits per heavy atom. The Bertz CT molecular complexity index is 2490. The monoisotopic (exact) mass is 658 g/mol. The van der Waals surface area contributed by atoms with Crippen molar-refractivity contribution in [3.05, 3.63) is 164 Å². The van der Waals surface area contributed by atoms with Crippen molar-refractivity contribution in [2.75, 3.05) is 0 Å². The zero-order valence-electron chi connectivity index (χ0n) is 29.5. The second-order valence-electron chi connectivity index (χ2n) is 14.7. The van der Waals surface area contributed by atoms with Crippen LogP contribution in [0, 0.1) is 0 Å². The maximum Gasteiger partial charge on any atom is 0.494 e. The van der Waals surface area contributed by atoms with Gasteiger partial charge in [-0.2, -0.15) is 0 Å². The van der Waals surface area contributed by atoms with Crippen LogP contribution in [-0.2, 0) is 9.31 Å². The van der Waals surface area contributed by atoms with E-state index < -0.39 is 18.3 Å². The van der Waals surface area contributed by atoms with Crippen LogP contribution in [0.1, 0.15) is 27.7 Å². The van der Waals surface area contributed by atoms with E-state index in [0.717, 1.165) is 22.2 Å². The molecule has 1 saturated heterocycles. The molecule has 3 heteroatoms. The average molecular weight is 659 g/mol. The molecule has 0 N–H and O–H groups in total. The van der Waals surface area contributed by atoms with Gasteiger partial charge in [-0.3, -0.25) is 0 Å². The maximum absolute atomic E-state index is 6.63. The van der Waals surface area contributed by atoms with Gasteiger partial charge in [-0.25, -0.2) is 0 Å². The lowest BCUT2D eigenvalue weighted by molar-refractivity contribution is 0.00578. The first kappa shape index (κ1) is 31.5. The fraction of sp³-hybridized carbons (Fsp3) is 0.125. The molecule has 246 valence electrons. The first-order valence-electron chi connectivity index (χ1n) is 17.9. The van der Waals surface area contributed by atoms with E-state index in [1.165, 1.54) is 60.1 Å². The fourth-order valence-electron chi connectivity index (χ4n) is 7.75. The quantitative estimate of drug-likeness (QED) is 0.171. The van der Waals surface area contributed by atoms with Gasteiger partial charge in [0.05, 0.1) is 11.2 Å². The van der Waals surface area contributed by atoms with E-state index in [0.29, 0.717) is 0 Å². The van der Waals surface area contributed by atoms with Gasteiger partial charge in [0, 0.05) is 0 Å². The van der Waals surface area contributed by atoms with Crippen LogP contribution >= 0.6 is 0 Å². The third-order valence-electron chi connectivity index (χ3n) is 11.1. The molecule has 0 radical (unpaired) electrons. The molecule has 0 aromatic heterocycles. The molecule has 51 heavy (non-hydrogen) atoms. The SMILES string of the molecule is CC1(C)OB(c2cc(-c3ccccc3)cc(-c3ccc(-c4cccc5ccccc45)c4c(-c5cccc6ccccc56)cccc34)c2)OC1(C)C. The van der Waals surface area contributed by atoms with Crippen LogP contribution in [-0.4, -0.2) is 18.3 Å². The van der Waals surface area contributed by atoms with Crippen LogP contribution in [0.15, 0.2) is 164 Å². The number of fused-ring (bicyclic) bond motifs is 3. The Hall–Kier alpha value is -5.48. The summed E-state index contributed by atoms with van der Waals surface area (Å²) in [5.74, 6) is 0. The molecule has 1 heterocycles. The normalized spacial score (nSPS) is 15.2. The van der Waals surface area contributed by atoms with Crippen LogP contribution in [0.25, 0.3) is 76.8 Å². The zero-order valence-corrected chi connectivity index (χ0v) is 29.5.